The second-order valence-electron chi connectivity index (χ2n) is 3.01. The summed E-state index contributed by atoms with van der Waals surface area (Å²) < 4.78 is 0. The highest BCUT2D eigenvalue weighted by Crippen LogP contribution is 2.01. The number of Topliss-reactive ketones (excluding diaryl/α,β-unsaturated/α-hetero) is 1. The van der Waals surface area contributed by atoms with E-state index < -0.39 is 0 Å². The van der Waals surface area contributed by atoms with E-state index >= 15 is 0 Å². The molecule has 0 aromatic rings. The van der Waals surface area contributed by atoms with Crippen LogP contribution in [0.25, 0.3) is 0 Å². The van der Waals surface area contributed by atoms with Gasteiger partial charge >= 0.3 is 0 Å². The normalized spacial score (nSPS) is 12.2. The molecule has 3 heteroatoms. The Bertz CT molecular complexity index is 166. The van der Waals surface area contributed by atoms with Gasteiger partial charge in [0.25, 0.3) is 0 Å². The molecule has 0 aromatic heterocycles. The lowest BCUT2D eigenvalue weighted by Gasteiger charge is -2.13. The van der Waals surface area contributed by atoms with E-state index in [1.165, 1.54) is 13.8 Å². The summed E-state index contributed by atoms with van der Waals surface area (Å²) in [6.45, 7) is 5.00. The maximum atomic E-state index is 11.0. The number of carbonyl (C=O) groups is 2. The molecular weight excluding hydrogens is 154 g/mol. The molecule has 0 bridgehead atoms. The van der Waals surface area contributed by atoms with Gasteiger partial charge in [0.2, 0.25) is 5.91 Å². The quantitative estimate of drug-likeness (QED) is 0.677. The van der Waals surface area contributed by atoms with Crippen LogP contribution < -0.4 is 5.32 Å². The van der Waals surface area contributed by atoms with E-state index in [-0.39, 0.29) is 17.7 Å². The molecule has 1 unspecified atom stereocenters. The number of ketones is 1. The Balaban J connectivity index is 3.87. The van der Waals surface area contributed by atoms with Crippen LogP contribution in [-0.4, -0.2) is 17.7 Å². The fraction of sp³-hybridized carbons (Fsp3) is 0.778. The van der Waals surface area contributed by atoms with E-state index in [1.54, 1.807) is 0 Å². The van der Waals surface area contributed by atoms with Crippen LogP contribution in [0.1, 0.15) is 40.0 Å². The van der Waals surface area contributed by atoms with Gasteiger partial charge in [0, 0.05) is 6.92 Å². The molecule has 1 N–H and O–H groups in total. The summed E-state index contributed by atoms with van der Waals surface area (Å²) in [7, 11) is 0. The minimum absolute atomic E-state index is 0.0404. The summed E-state index contributed by atoms with van der Waals surface area (Å²) in [6, 6.07) is -0.276. The first-order valence-corrected chi connectivity index (χ1v) is 4.35. The summed E-state index contributed by atoms with van der Waals surface area (Å²) >= 11 is 0. The van der Waals surface area contributed by atoms with Gasteiger partial charge in [-0.2, -0.15) is 0 Å². The molecule has 70 valence electrons. The van der Waals surface area contributed by atoms with Crippen LogP contribution in [0.2, 0.25) is 0 Å². The monoisotopic (exact) mass is 171 g/mol. The number of carbonyl (C=O) groups excluding carboxylic acids is 2. The lowest BCUT2D eigenvalue weighted by Crippen LogP contribution is -2.38. The average molecular weight is 171 g/mol. The number of hydrogen-bond acceptors (Lipinski definition) is 2. The van der Waals surface area contributed by atoms with Gasteiger partial charge < -0.3 is 5.32 Å². The Kier molecular flexibility index (Phi) is 5.34. The zero-order valence-corrected chi connectivity index (χ0v) is 8.02. The van der Waals surface area contributed by atoms with E-state index in [4.69, 9.17) is 0 Å². The third-order valence-corrected chi connectivity index (χ3v) is 1.71. The van der Waals surface area contributed by atoms with Gasteiger partial charge in [-0.25, -0.2) is 0 Å². The first-order valence-electron chi connectivity index (χ1n) is 4.35. The van der Waals surface area contributed by atoms with Crippen molar-refractivity contribution in [1.82, 2.24) is 5.32 Å². The second-order valence-corrected chi connectivity index (χ2v) is 3.01. The van der Waals surface area contributed by atoms with E-state index in [1.807, 2.05) is 0 Å². The fourth-order valence-electron chi connectivity index (χ4n) is 1.03. The number of rotatable bonds is 5. The molecule has 1 amide bonds. The van der Waals surface area contributed by atoms with Crippen molar-refractivity contribution >= 4 is 11.7 Å². The summed E-state index contributed by atoms with van der Waals surface area (Å²) in [4.78, 5) is 21.6. The zero-order chi connectivity index (χ0) is 9.56. The molecule has 0 aliphatic carbocycles. The van der Waals surface area contributed by atoms with E-state index in [2.05, 4.69) is 12.2 Å². The topological polar surface area (TPSA) is 46.2 Å². The lowest BCUT2D eigenvalue weighted by molar-refractivity contribution is -0.125. The summed E-state index contributed by atoms with van der Waals surface area (Å²) in [6.07, 6.45) is 2.78. The van der Waals surface area contributed by atoms with Crippen molar-refractivity contribution in [2.75, 3.05) is 0 Å². The molecule has 0 heterocycles. The molecule has 0 fully saturated rings. The van der Waals surface area contributed by atoms with Crippen molar-refractivity contribution in [2.24, 2.45) is 0 Å². The van der Waals surface area contributed by atoms with Gasteiger partial charge in [-0.15, -0.1) is 0 Å². The average Bonchev–Trinajstić information content (AvgIpc) is 1.96. The van der Waals surface area contributed by atoms with Gasteiger partial charge in [-0.1, -0.05) is 19.8 Å². The molecule has 0 saturated heterocycles. The van der Waals surface area contributed by atoms with Gasteiger partial charge in [-0.05, 0) is 13.3 Å². The third kappa shape index (κ3) is 4.88. The van der Waals surface area contributed by atoms with Crippen LogP contribution >= 0.6 is 0 Å². The first kappa shape index (κ1) is 11.1. The van der Waals surface area contributed by atoms with Crippen LogP contribution in [0.15, 0.2) is 0 Å². The molecule has 0 aliphatic rings. The standard InChI is InChI=1S/C9H17NO2/c1-4-5-6-9(7(2)11)10-8(3)12/h9H,4-6H2,1-3H3,(H,10,12). The molecule has 0 aromatic carbocycles. The van der Waals surface area contributed by atoms with Crippen LogP contribution in [0.3, 0.4) is 0 Å². The predicted molar refractivity (Wildman–Crippen MR) is 47.8 cm³/mol. The lowest BCUT2D eigenvalue weighted by atomic mass is 10.1. The molecule has 0 radical (unpaired) electrons. The zero-order valence-electron chi connectivity index (χ0n) is 8.02. The van der Waals surface area contributed by atoms with Crippen molar-refractivity contribution in [1.29, 1.82) is 0 Å². The highest BCUT2D eigenvalue weighted by Gasteiger charge is 2.13. The van der Waals surface area contributed by atoms with Gasteiger partial charge in [-0.3, -0.25) is 9.59 Å². The Hall–Kier alpha value is -0.860. The molecule has 0 saturated carbocycles. The smallest absolute Gasteiger partial charge is 0.217 e. The molecular formula is C9H17NO2. The summed E-state index contributed by atoms with van der Waals surface area (Å²) in [5.41, 5.74) is 0. The minimum Gasteiger partial charge on any atom is -0.347 e. The van der Waals surface area contributed by atoms with Crippen LogP contribution in [0, 0.1) is 0 Å². The highest BCUT2D eigenvalue weighted by molar-refractivity contribution is 5.86. The number of hydrogen-bond donors (Lipinski definition) is 1. The predicted octanol–water partition coefficient (Wildman–Crippen LogP) is 1.27. The van der Waals surface area contributed by atoms with Crippen molar-refractivity contribution in [2.45, 2.75) is 46.1 Å². The molecule has 0 aliphatic heterocycles. The molecule has 3 nitrogen and oxygen atoms in total. The number of unbranched alkanes of at least 4 members (excludes halogenated alkanes) is 1. The van der Waals surface area contributed by atoms with Gasteiger partial charge in [0.05, 0.1) is 6.04 Å². The molecule has 0 rings (SSSR count). The maximum Gasteiger partial charge on any atom is 0.217 e. The largest absolute Gasteiger partial charge is 0.347 e. The van der Waals surface area contributed by atoms with Gasteiger partial charge in [0.15, 0.2) is 5.78 Å². The number of nitrogens with one attached hydrogen (secondary N) is 1. The fourth-order valence-corrected chi connectivity index (χ4v) is 1.03. The van der Waals surface area contributed by atoms with Crippen molar-refractivity contribution in [3.05, 3.63) is 0 Å². The Morgan fingerprint density at radius 3 is 2.25 bits per heavy atom. The van der Waals surface area contributed by atoms with E-state index in [0.717, 1.165) is 19.3 Å². The van der Waals surface area contributed by atoms with Crippen LogP contribution in [0.4, 0.5) is 0 Å². The van der Waals surface area contributed by atoms with Crippen LogP contribution in [0.5, 0.6) is 0 Å². The van der Waals surface area contributed by atoms with Crippen LogP contribution in [-0.2, 0) is 9.59 Å². The molecule has 1 atom stereocenters. The van der Waals surface area contributed by atoms with Crippen molar-refractivity contribution in [3.63, 3.8) is 0 Å². The van der Waals surface area contributed by atoms with E-state index in [0.29, 0.717) is 0 Å². The molecule has 12 heavy (non-hydrogen) atoms. The third-order valence-electron chi connectivity index (χ3n) is 1.71. The maximum absolute atomic E-state index is 11.0. The summed E-state index contributed by atoms with van der Waals surface area (Å²) in [5.74, 6) is -0.0926. The number of amides is 1. The van der Waals surface area contributed by atoms with Gasteiger partial charge in [0.1, 0.15) is 0 Å². The summed E-state index contributed by atoms with van der Waals surface area (Å²) in [5, 5.41) is 2.63. The first-order chi connectivity index (χ1) is 5.57. The SMILES string of the molecule is CCCCC(NC(C)=O)C(C)=O. The Morgan fingerprint density at radius 2 is 1.92 bits per heavy atom. The Morgan fingerprint density at radius 1 is 1.33 bits per heavy atom. The van der Waals surface area contributed by atoms with Crippen molar-refractivity contribution < 1.29 is 9.59 Å². The molecule has 0 spiro atoms. The van der Waals surface area contributed by atoms with E-state index in [9.17, 15) is 9.59 Å². The Labute approximate surface area is 73.5 Å². The van der Waals surface area contributed by atoms with Crippen molar-refractivity contribution in [3.8, 4) is 0 Å². The highest BCUT2D eigenvalue weighted by atomic mass is 16.2. The second kappa shape index (κ2) is 5.75. The minimum atomic E-state index is -0.276.